The average molecular weight is 419 g/mol. The molecule has 1 aliphatic rings. The van der Waals surface area contributed by atoms with E-state index in [0.29, 0.717) is 11.7 Å². The molecule has 1 unspecified atom stereocenters. The number of aromatic nitrogens is 3. The summed E-state index contributed by atoms with van der Waals surface area (Å²) in [6.45, 7) is 4.05. The molecule has 3 heterocycles. The Morgan fingerprint density at radius 2 is 1.97 bits per heavy atom. The first-order valence-electron chi connectivity index (χ1n) is 9.94. The molecule has 2 aromatic heterocycles. The van der Waals surface area contributed by atoms with E-state index in [-0.39, 0.29) is 11.6 Å². The van der Waals surface area contributed by atoms with Gasteiger partial charge in [0.2, 0.25) is 11.7 Å². The van der Waals surface area contributed by atoms with Crippen molar-refractivity contribution in [1.82, 2.24) is 14.5 Å². The van der Waals surface area contributed by atoms with Gasteiger partial charge < -0.3 is 14.6 Å². The van der Waals surface area contributed by atoms with Crippen molar-refractivity contribution in [3.05, 3.63) is 74.6 Å². The molecule has 7 heteroatoms. The molecule has 0 amide bonds. The molecule has 2 aromatic carbocycles. The Balaban J connectivity index is 1.66. The highest BCUT2D eigenvalue weighted by molar-refractivity contribution is 7.18. The normalized spacial score (nSPS) is 15.4. The van der Waals surface area contributed by atoms with Crippen LogP contribution in [0.5, 0.6) is 5.75 Å². The highest BCUT2D eigenvalue weighted by atomic mass is 32.1. The minimum atomic E-state index is -0.340. The van der Waals surface area contributed by atoms with E-state index in [2.05, 4.69) is 44.1 Å². The van der Waals surface area contributed by atoms with E-state index in [4.69, 9.17) is 4.74 Å². The summed E-state index contributed by atoms with van der Waals surface area (Å²) in [7, 11) is 1.53. The second-order valence-electron chi connectivity index (χ2n) is 7.55. The van der Waals surface area contributed by atoms with Gasteiger partial charge in [-0.2, -0.15) is 4.98 Å². The van der Waals surface area contributed by atoms with Crippen LogP contribution < -0.4 is 15.6 Å². The van der Waals surface area contributed by atoms with Gasteiger partial charge in [-0.15, -0.1) is 11.3 Å². The molecule has 0 fully saturated rings. The number of hydrogen-bond donors (Lipinski definition) is 1. The second-order valence-corrected chi connectivity index (χ2v) is 8.78. The molecular weight excluding hydrogens is 396 g/mol. The molecule has 152 valence electrons. The molecule has 0 saturated carbocycles. The van der Waals surface area contributed by atoms with Crippen LogP contribution in [0.15, 0.2) is 47.3 Å². The predicted octanol–water partition coefficient (Wildman–Crippen LogP) is 4.76. The number of anilines is 2. The van der Waals surface area contributed by atoms with Crippen LogP contribution in [0.3, 0.4) is 0 Å². The lowest BCUT2D eigenvalue weighted by molar-refractivity contribution is 0.398. The maximum atomic E-state index is 12.7. The van der Waals surface area contributed by atoms with Crippen molar-refractivity contribution >= 4 is 33.2 Å². The Morgan fingerprint density at radius 3 is 2.73 bits per heavy atom. The van der Waals surface area contributed by atoms with Gasteiger partial charge in [0.25, 0.3) is 0 Å². The van der Waals surface area contributed by atoms with Crippen molar-refractivity contribution in [2.75, 3.05) is 12.4 Å². The fourth-order valence-electron chi connectivity index (χ4n) is 4.27. The monoisotopic (exact) mass is 418 g/mol. The third-order valence-corrected chi connectivity index (χ3v) is 6.56. The lowest BCUT2D eigenvalue weighted by Crippen LogP contribution is -2.22. The molecule has 0 saturated heterocycles. The molecule has 1 aliphatic heterocycles. The molecule has 1 N–H and O–H groups in total. The first-order chi connectivity index (χ1) is 14.5. The number of fused-ring (bicyclic) bond motifs is 2. The van der Waals surface area contributed by atoms with Crippen LogP contribution in [-0.2, 0) is 6.42 Å². The first-order valence-corrected chi connectivity index (χ1v) is 10.8. The Hall–Kier alpha value is -3.19. The maximum Gasteiger partial charge on any atom is 0.317 e. The molecule has 5 rings (SSSR count). The summed E-state index contributed by atoms with van der Waals surface area (Å²) in [6.07, 6.45) is 1.66. The second kappa shape index (κ2) is 7.25. The zero-order chi connectivity index (χ0) is 20.8. The van der Waals surface area contributed by atoms with Gasteiger partial charge in [0, 0.05) is 5.69 Å². The lowest BCUT2D eigenvalue weighted by atomic mass is 10.1. The molecule has 0 bridgehead atoms. The van der Waals surface area contributed by atoms with Crippen LogP contribution in [0, 0.1) is 13.8 Å². The third-order valence-electron chi connectivity index (χ3n) is 5.63. The van der Waals surface area contributed by atoms with Crippen LogP contribution in [0.2, 0.25) is 0 Å². The SMILES string of the molecule is COc1c2n(c(Nc3cc4sc(C)nc4cc3C)nc1=O)C(c1ccccc1)CC2. The fraction of sp³-hybridized carbons (Fsp3) is 0.261. The molecule has 6 nitrogen and oxygen atoms in total. The van der Waals surface area contributed by atoms with Crippen LogP contribution in [-0.4, -0.2) is 21.6 Å². The molecule has 30 heavy (non-hydrogen) atoms. The molecule has 4 aromatic rings. The summed E-state index contributed by atoms with van der Waals surface area (Å²) in [5.74, 6) is 0.884. The summed E-state index contributed by atoms with van der Waals surface area (Å²) in [5, 5.41) is 4.47. The van der Waals surface area contributed by atoms with Gasteiger partial charge in [0.15, 0.2) is 0 Å². The Kier molecular flexibility index (Phi) is 4.55. The Morgan fingerprint density at radius 1 is 1.17 bits per heavy atom. The Labute approximate surface area is 178 Å². The lowest BCUT2D eigenvalue weighted by Gasteiger charge is -2.21. The van der Waals surface area contributed by atoms with Gasteiger partial charge >= 0.3 is 5.56 Å². The highest BCUT2D eigenvalue weighted by Gasteiger charge is 2.30. The van der Waals surface area contributed by atoms with E-state index in [0.717, 1.165) is 45.0 Å². The molecule has 0 aliphatic carbocycles. The number of nitrogens with zero attached hydrogens (tertiary/aromatic N) is 3. The number of thiazole rings is 1. The number of ether oxygens (including phenoxy) is 1. The average Bonchev–Trinajstić information content (AvgIpc) is 3.32. The summed E-state index contributed by atoms with van der Waals surface area (Å²) < 4.78 is 8.66. The van der Waals surface area contributed by atoms with Crippen LogP contribution >= 0.6 is 11.3 Å². The van der Waals surface area contributed by atoms with E-state index >= 15 is 0 Å². The van der Waals surface area contributed by atoms with E-state index in [1.54, 1.807) is 11.3 Å². The van der Waals surface area contributed by atoms with Crippen molar-refractivity contribution in [2.24, 2.45) is 0 Å². The molecule has 0 spiro atoms. The summed E-state index contributed by atoms with van der Waals surface area (Å²) in [6, 6.07) is 14.6. The number of benzene rings is 2. The molecule has 1 atom stereocenters. The quantitative estimate of drug-likeness (QED) is 0.518. The van der Waals surface area contributed by atoms with Crippen LogP contribution in [0.1, 0.15) is 34.3 Å². The van der Waals surface area contributed by atoms with Crippen LogP contribution in [0.25, 0.3) is 10.2 Å². The van der Waals surface area contributed by atoms with Gasteiger partial charge in [-0.05, 0) is 49.9 Å². The first kappa shape index (κ1) is 18.8. The van der Waals surface area contributed by atoms with E-state index < -0.39 is 0 Å². The standard InChI is InChI=1S/C23H22N4O2S/c1-13-11-17-20(30-14(2)24-17)12-16(13)25-23-26-22(28)21(29-3)19-10-9-18(27(19)23)15-7-5-4-6-8-15/h4-8,11-12,18H,9-10H2,1-3H3,(H,25,26,28). The van der Waals surface area contributed by atoms with Crippen molar-refractivity contribution in [2.45, 2.75) is 32.7 Å². The number of rotatable bonds is 4. The largest absolute Gasteiger partial charge is 0.490 e. The van der Waals surface area contributed by atoms with Gasteiger partial charge in [-0.25, -0.2) is 4.98 Å². The van der Waals surface area contributed by atoms with Crippen molar-refractivity contribution in [1.29, 1.82) is 0 Å². The number of methoxy groups -OCH3 is 1. The van der Waals surface area contributed by atoms with E-state index in [9.17, 15) is 4.79 Å². The van der Waals surface area contributed by atoms with Gasteiger partial charge in [0.1, 0.15) is 0 Å². The third kappa shape index (κ3) is 3.06. The molecule has 0 radical (unpaired) electrons. The van der Waals surface area contributed by atoms with Gasteiger partial charge in [0.05, 0.1) is 34.1 Å². The van der Waals surface area contributed by atoms with Crippen molar-refractivity contribution < 1.29 is 4.74 Å². The van der Waals surface area contributed by atoms with E-state index in [1.807, 2.05) is 32.0 Å². The highest BCUT2D eigenvalue weighted by Crippen LogP contribution is 2.38. The predicted molar refractivity (Wildman–Crippen MR) is 120 cm³/mol. The maximum absolute atomic E-state index is 12.7. The minimum Gasteiger partial charge on any atom is -0.490 e. The fourth-order valence-corrected chi connectivity index (χ4v) is 5.11. The van der Waals surface area contributed by atoms with Crippen molar-refractivity contribution in [3.63, 3.8) is 0 Å². The smallest absolute Gasteiger partial charge is 0.317 e. The Bertz CT molecular complexity index is 1310. The zero-order valence-electron chi connectivity index (χ0n) is 17.1. The van der Waals surface area contributed by atoms with Crippen molar-refractivity contribution in [3.8, 4) is 5.75 Å². The minimum absolute atomic E-state index is 0.0976. The number of nitrogens with one attached hydrogen (secondary N) is 1. The summed E-state index contributed by atoms with van der Waals surface area (Å²) in [4.78, 5) is 21.6. The van der Waals surface area contributed by atoms with Gasteiger partial charge in [-0.3, -0.25) is 4.79 Å². The number of hydrogen-bond acceptors (Lipinski definition) is 6. The van der Waals surface area contributed by atoms with E-state index in [1.165, 1.54) is 12.7 Å². The molecular formula is C23H22N4O2S. The zero-order valence-corrected chi connectivity index (χ0v) is 17.9. The van der Waals surface area contributed by atoms with Crippen LogP contribution in [0.4, 0.5) is 11.6 Å². The summed E-state index contributed by atoms with van der Waals surface area (Å²) >= 11 is 1.66. The topological polar surface area (TPSA) is 69.0 Å². The van der Waals surface area contributed by atoms with Gasteiger partial charge in [-0.1, -0.05) is 30.3 Å². The summed E-state index contributed by atoms with van der Waals surface area (Å²) in [5.41, 5.74) is 4.72. The number of aryl methyl sites for hydroxylation is 2.